The number of hydrogen-bond donors (Lipinski definition) is 0. The van der Waals surface area contributed by atoms with Gasteiger partial charge in [-0.25, -0.2) is 4.79 Å². The Kier molecular flexibility index (Phi) is 1.45. The van der Waals surface area contributed by atoms with Gasteiger partial charge >= 0.3 is 5.63 Å². The van der Waals surface area contributed by atoms with Gasteiger partial charge in [-0.05, 0) is 13.0 Å². The summed E-state index contributed by atoms with van der Waals surface area (Å²) >= 11 is 0. The molecule has 2 aliphatic rings. The summed E-state index contributed by atoms with van der Waals surface area (Å²) in [4.78, 5) is 22.7. The smallest absolute Gasteiger partial charge is 0.347 e. The van der Waals surface area contributed by atoms with Crippen molar-refractivity contribution in [2.75, 3.05) is 0 Å². The lowest BCUT2D eigenvalue weighted by Crippen LogP contribution is -2.06. The van der Waals surface area contributed by atoms with Crippen LogP contribution in [0.5, 0.6) is 0 Å². The Labute approximate surface area is 83.1 Å². The van der Waals surface area contributed by atoms with Gasteiger partial charge in [0.25, 0.3) is 0 Å². The van der Waals surface area contributed by atoms with E-state index in [1.54, 1.807) is 0 Å². The van der Waals surface area contributed by atoms with E-state index in [-0.39, 0.29) is 23.4 Å². The van der Waals surface area contributed by atoms with Crippen LogP contribution in [0, 0.1) is 0 Å². The highest BCUT2D eigenvalue weighted by Gasteiger charge is 2.19. The quantitative estimate of drug-likeness (QED) is 0.645. The van der Waals surface area contributed by atoms with Gasteiger partial charge in [0.2, 0.25) is 0 Å². The average molecular weight is 190 g/mol. The van der Waals surface area contributed by atoms with Crippen molar-refractivity contribution >= 4 is 5.78 Å². The molecule has 2 rings (SSSR count). The van der Waals surface area contributed by atoms with Gasteiger partial charge < -0.3 is 4.42 Å². The van der Waals surface area contributed by atoms with Gasteiger partial charge in [-0.2, -0.15) is 0 Å². The van der Waals surface area contributed by atoms with Crippen LogP contribution < -0.4 is 5.63 Å². The van der Waals surface area contributed by atoms with E-state index in [0.717, 1.165) is 0 Å². The minimum Gasteiger partial charge on any atom is -0.422 e. The Morgan fingerprint density at radius 3 is 2.86 bits per heavy atom. The van der Waals surface area contributed by atoms with E-state index < -0.39 is 11.4 Å². The van der Waals surface area contributed by atoms with Crippen LogP contribution in [0.1, 0.15) is 20.0 Å². The minimum absolute atomic E-state index is 0.0564. The van der Waals surface area contributed by atoms with E-state index in [2.05, 4.69) is 0 Å². The molecule has 0 saturated carbocycles. The summed E-state index contributed by atoms with van der Waals surface area (Å²) in [5.74, 6) is -0.236. The summed E-state index contributed by atoms with van der Waals surface area (Å²) in [5, 5.41) is 0. The maximum absolute atomic E-state index is 11.4. The third-order valence-electron chi connectivity index (χ3n) is 1.90. The fourth-order valence-electron chi connectivity index (χ4n) is 1.31. The maximum Gasteiger partial charge on any atom is 0.347 e. The molecule has 1 heterocycles. The molecule has 0 amide bonds. The predicted octanol–water partition coefficient (Wildman–Crippen LogP) is 1.95. The van der Waals surface area contributed by atoms with Crippen LogP contribution in [-0.2, 0) is 0 Å². The molecule has 0 radical (unpaired) electrons. The fraction of sp³-hybridized carbons (Fsp3) is 0.0909. The topological polar surface area (TPSA) is 47.3 Å². The van der Waals surface area contributed by atoms with Crippen LogP contribution in [0.25, 0.3) is 11.3 Å². The van der Waals surface area contributed by atoms with E-state index in [4.69, 9.17) is 7.16 Å². The summed E-state index contributed by atoms with van der Waals surface area (Å²) in [7, 11) is 0. The van der Waals surface area contributed by atoms with E-state index in [1.807, 2.05) is 0 Å². The second kappa shape index (κ2) is 3.10. The lowest BCUT2D eigenvalue weighted by Gasteiger charge is -1.89. The lowest BCUT2D eigenvalue weighted by atomic mass is 10.1. The zero-order valence-corrected chi connectivity index (χ0v) is 7.46. The van der Waals surface area contributed by atoms with Crippen LogP contribution in [-0.4, -0.2) is 5.78 Å². The van der Waals surface area contributed by atoms with Crippen LogP contribution in [0.3, 0.4) is 0 Å². The lowest BCUT2D eigenvalue weighted by molar-refractivity contribution is 0.101. The Morgan fingerprint density at radius 2 is 2.14 bits per heavy atom. The van der Waals surface area contributed by atoms with Gasteiger partial charge in [-0.3, -0.25) is 4.79 Å². The van der Waals surface area contributed by atoms with Crippen LogP contribution >= 0.6 is 0 Å². The summed E-state index contributed by atoms with van der Waals surface area (Å²) in [5.41, 5.74) is -0.479. The molecule has 0 unspecified atom stereocenters. The van der Waals surface area contributed by atoms with E-state index in [1.165, 1.54) is 25.1 Å². The van der Waals surface area contributed by atoms with Crippen molar-refractivity contribution in [3.63, 3.8) is 0 Å². The van der Waals surface area contributed by atoms with Gasteiger partial charge in [0.15, 0.2) is 5.78 Å². The molecule has 0 aromatic heterocycles. The summed E-state index contributed by atoms with van der Waals surface area (Å²) in [6.45, 7) is 1.27. The molecule has 3 heteroatoms. The van der Waals surface area contributed by atoms with E-state index in [9.17, 15) is 9.59 Å². The largest absolute Gasteiger partial charge is 0.422 e. The minimum atomic E-state index is -0.715. The number of fused-ring (bicyclic) bond motifs is 1. The molecule has 1 aliphatic heterocycles. The first-order valence-corrected chi connectivity index (χ1v) is 4.05. The van der Waals surface area contributed by atoms with Crippen molar-refractivity contribution in [1.29, 1.82) is 0 Å². The van der Waals surface area contributed by atoms with Crippen molar-refractivity contribution in [2.24, 2.45) is 0 Å². The standard InChI is InChI=1S/C11H8O3/c1-7(12)10-8-5-3-2-4-6-9(8)14-11(10)13/h2-6H,1H3/i3D,4D. The molecular formula is C11H8O3. The molecular weight excluding hydrogens is 180 g/mol. The first kappa shape index (κ1) is 6.54. The Balaban J connectivity index is 2.88. The third kappa shape index (κ3) is 1.23. The third-order valence-corrected chi connectivity index (χ3v) is 1.90. The highest BCUT2D eigenvalue weighted by molar-refractivity contribution is 6.00. The van der Waals surface area contributed by atoms with Gasteiger partial charge in [0.1, 0.15) is 11.3 Å². The predicted molar refractivity (Wildman–Crippen MR) is 51.6 cm³/mol. The number of Topliss-reactive ketones (excluding diaryl/α,β-unsaturated/α-hetero) is 1. The number of furan rings is 1. The van der Waals surface area contributed by atoms with E-state index in [0.29, 0.717) is 5.56 Å². The number of carbonyl (C=O) groups excluding carboxylic acids is 1. The van der Waals surface area contributed by atoms with Crippen molar-refractivity contribution in [1.82, 2.24) is 0 Å². The second-order valence-corrected chi connectivity index (χ2v) is 2.86. The molecule has 3 nitrogen and oxygen atoms in total. The Morgan fingerprint density at radius 1 is 1.43 bits per heavy atom. The molecule has 0 aromatic rings. The second-order valence-electron chi connectivity index (χ2n) is 2.86. The van der Waals surface area contributed by atoms with Crippen molar-refractivity contribution < 1.29 is 12.0 Å². The highest BCUT2D eigenvalue weighted by Crippen LogP contribution is 2.22. The molecule has 0 N–H and O–H groups in total. The summed E-state index contributed by atoms with van der Waals surface area (Å²) in [6, 6.07) is 4.10. The zero-order valence-electron chi connectivity index (χ0n) is 9.46. The molecule has 14 heavy (non-hydrogen) atoms. The molecule has 1 aliphatic carbocycles. The van der Waals surface area contributed by atoms with Crippen LogP contribution in [0.4, 0.5) is 0 Å². The molecule has 0 bridgehead atoms. The Hall–Kier alpha value is -1.90. The van der Waals surface area contributed by atoms with Gasteiger partial charge in [0.05, 0.1) is 2.74 Å². The van der Waals surface area contributed by atoms with Crippen molar-refractivity contribution in [2.45, 2.75) is 6.92 Å². The fourth-order valence-corrected chi connectivity index (χ4v) is 1.31. The number of hydrogen-bond acceptors (Lipinski definition) is 3. The molecule has 0 spiro atoms. The normalized spacial score (nSPS) is 12.4. The van der Waals surface area contributed by atoms with Crippen molar-refractivity contribution in [3.8, 4) is 11.3 Å². The Bertz CT molecular complexity index is 601. The average Bonchev–Trinajstić information content (AvgIpc) is 2.34. The number of ketones is 1. The monoisotopic (exact) mass is 190 g/mol. The van der Waals surface area contributed by atoms with Gasteiger partial charge in [-0.1, -0.05) is 24.2 Å². The van der Waals surface area contributed by atoms with Crippen molar-refractivity contribution in [3.05, 3.63) is 46.3 Å². The molecule has 70 valence electrons. The highest BCUT2D eigenvalue weighted by atomic mass is 16.4. The summed E-state index contributed by atoms with van der Waals surface area (Å²) in [6.07, 6.45) is 0. The zero-order chi connectivity index (χ0) is 11.9. The molecule has 0 fully saturated rings. The first-order chi connectivity index (χ1) is 7.49. The number of carbonyl (C=O) groups is 1. The van der Waals surface area contributed by atoms with E-state index >= 15 is 0 Å². The maximum atomic E-state index is 11.4. The first-order valence-electron chi connectivity index (χ1n) is 5.05. The van der Waals surface area contributed by atoms with Gasteiger partial charge in [-0.15, -0.1) is 0 Å². The SMILES string of the molecule is [2H]c1cc([2H])cc2c(C(C)=O)c(=O)oc-2c1. The summed E-state index contributed by atoms with van der Waals surface area (Å²) < 4.78 is 19.8. The molecule has 0 aromatic carbocycles. The molecule has 0 atom stereocenters. The van der Waals surface area contributed by atoms with Crippen LogP contribution in [0.15, 0.2) is 39.5 Å². The van der Waals surface area contributed by atoms with Crippen LogP contribution in [0.2, 0.25) is 0 Å². The number of rotatable bonds is 1. The van der Waals surface area contributed by atoms with Gasteiger partial charge in [0, 0.05) is 5.56 Å². The molecule has 0 saturated heterocycles.